The number of carbonyl (C=O) groups is 11. The first-order chi connectivity index (χ1) is 48.3. The molecule has 622 valence electrons. The molecule has 0 aromatic heterocycles. The molecule has 1 unspecified atom stereocenters. The first-order valence-corrected chi connectivity index (χ1v) is 39.4. The lowest BCUT2D eigenvalue weighted by Gasteiger charge is -2.25. The van der Waals surface area contributed by atoms with Gasteiger partial charge in [0, 0.05) is 0 Å². The molecule has 105 heavy (non-hydrogen) atoms. The zero-order valence-corrected chi connectivity index (χ0v) is 72.8. The molecule has 0 amide bonds. The van der Waals surface area contributed by atoms with Gasteiger partial charge in [0.25, 0.3) is 0 Å². The fourth-order valence-electron chi connectivity index (χ4n) is 6.60. The van der Waals surface area contributed by atoms with E-state index >= 15 is 0 Å². The van der Waals surface area contributed by atoms with Crippen LogP contribution in [0.25, 0.3) is 0 Å². The van der Waals surface area contributed by atoms with E-state index in [9.17, 15) is 52.7 Å². The van der Waals surface area contributed by atoms with Crippen LogP contribution in [-0.2, 0) is 105 Å². The van der Waals surface area contributed by atoms with Gasteiger partial charge < -0.3 is 52.1 Å². The Labute approximate surface area is 639 Å². The Bertz CT molecular complexity index is 2210. The molecule has 0 aromatic carbocycles. The second-order valence-electron chi connectivity index (χ2n) is 31.5. The summed E-state index contributed by atoms with van der Waals surface area (Å²) >= 11 is 0. The van der Waals surface area contributed by atoms with Crippen molar-refractivity contribution in [3.8, 4) is 0 Å². The van der Waals surface area contributed by atoms with Crippen molar-refractivity contribution in [1.29, 1.82) is 0 Å². The maximum Gasteiger partial charge on any atom is 0.308 e. The minimum Gasteiger partial charge on any atom is -0.469 e. The van der Waals surface area contributed by atoms with Crippen LogP contribution >= 0.6 is 0 Å². The van der Waals surface area contributed by atoms with E-state index < -0.39 is 0 Å². The molecule has 0 aliphatic heterocycles. The predicted octanol–water partition coefficient (Wildman–Crippen LogP) is 18.8. The Morgan fingerprint density at radius 1 is 0.314 bits per heavy atom. The van der Waals surface area contributed by atoms with Crippen molar-refractivity contribution in [3.05, 3.63) is 0 Å². The summed E-state index contributed by atoms with van der Waals surface area (Å²) in [5.74, 6) is -0.502. The van der Waals surface area contributed by atoms with Crippen molar-refractivity contribution in [2.75, 3.05) is 26.9 Å². The van der Waals surface area contributed by atoms with Gasteiger partial charge in [0.05, 0.1) is 104 Å². The van der Waals surface area contributed by atoms with E-state index in [-0.39, 0.29) is 173 Å². The van der Waals surface area contributed by atoms with Gasteiger partial charge in [-0.25, -0.2) is 0 Å². The highest BCUT2D eigenvalue weighted by Crippen LogP contribution is 2.26. The summed E-state index contributed by atoms with van der Waals surface area (Å²) in [4.78, 5) is 119. The summed E-state index contributed by atoms with van der Waals surface area (Å²) in [6, 6.07) is 0. The van der Waals surface area contributed by atoms with Gasteiger partial charge in [-0.15, -0.1) is 0 Å². The average molecular weight is 1510 g/mol. The van der Waals surface area contributed by atoms with Crippen LogP contribution in [0.3, 0.4) is 0 Å². The average Bonchev–Trinajstić information content (AvgIpc) is 1.88. The van der Waals surface area contributed by atoms with E-state index in [0.29, 0.717) is 25.7 Å². The summed E-state index contributed by atoms with van der Waals surface area (Å²) in [5, 5.41) is 0. The summed E-state index contributed by atoms with van der Waals surface area (Å²) in [6.45, 7) is 63.1. The van der Waals surface area contributed by atoms with Crippen molar-refractivity contribution in [2.45, 2.75) is 373 Å². The molecule has 4 aliphatic rings. The Hall–Kier alpha value is -5.83. The SMILES string of the molecule is CC(C)C(=O)OC(C)(C)C.CC(C)C(=O)OC1CC1.CC(C)C(=O)OC1CCC1.CC(C)C(=O)OC1CCCC1.CC(C)C(=O)OC1CCCCC1.CC(C)COC(=O)C(C)C.CC(C)OC(=O)C(C)C.CCC(C)OC(=O)C(C)C.CCCOC(=O)C(C)C.CCOC(=O)C(C)C.COC(=O)C(C)C. The Morgan fingerprint density at radius 3 is 0.781 bits per heavy atom. The van der Waals surface area contributed by atoms with Gasteiger partial charge in [0.1, 0.15) is 30.0 Å². The molecule has 22 nitrogen and oxygen atoms in total. The summed E-state index contributed by atoms with van der Waals surface area (Å²) in [7, 11) is 1.39. The molecule has 4 rings (SSSR count). The lowest BCUT2D eigenvalue weighted by molar-refractivity contribution is -0.159. The highest BCUT2D eigenvalue weighted by Gasteiger charge is 2.27. The van der Waals surface area contributed by atoms with E-state index in [0.717, 1.165) is 64.2 Å². The van der Waals surface area contributed by atoms with Crippen LogP contribution in [0.2, 0.25) is 0 Å². The van der Waals surface area contributed by atoms with E-state index in [1.807, 2.05) is 208 Å². The normalized spacial score (nSPS) is 14.0. The summed E-state index contributed by atoms with van der Waals surface area (Å²) in [6.07, 6.45) is 18.8. The van der Waals surface area contributed by atoms with Crippen molar-refractivity contribution >= 4 is 65.7 Å². The monoisotopic (exact) mass is 1510 g/mol. The Kier molecular flexibility index (Phi) is 72.3. The molecular formula is C83H158O22. The fraction of sp³-hybridized carbons (Fsp3) is 0.867. The molecule has 1 atom stereocenters. The molecule has 4 fully saturated rings. The third-order valence-electron chi connectivity index (χ3n) is 13.9. The summed E-state index contributed by atoms with van der Waals surface area (Å²) < 4.78 is 54.4. The highest BCUT2D eigenvalue weighted by molar-refractivity contribution is 5.75. The van der Waals surface area contributed by atoms with Crippen LogP contribution in [-0.4, -0.2) is 135 Å². The molecule has 22 heteroatoms. The fourth-order valence-corrected chi connectivity index (χ4v) is 6.60. The molecule has 0 N–H and O–H groups in total. The molecule has 0 saturated heterocycles. The first kappa shape index (κ1) is 113. The number of ether oxygens (including phenoxy) is 11. The second-order valence-corrected chi connectivity index (χ2v) is 31.5. The molecule has 0 heterocycles. The highest BCUT2D eigenvalue weighted by atomic mass is 16.6. The number of methoxy groups -OCH3 is 1. The van der Waals surface area contributed by atoms with E-state index in [1.165, 1.54) is 45.6 Å². The van der Waals surface area contributed by atoms with E-state index in [4.69, 9.17) is 42.6 Å². The quantitative estimate of drug-likeness (QED) is 0.0678. The standard InChI is InChI=1S/C10H18O2.C9H16O2.C8H14O2.3C8H16O2.C7H12O2.2C7H14O2.C6H12O2.C5H10O2/c1-8(2)10(11)12-9-6-4-3-5-7-9;1-7(2)9(10)11-8-5-3-4-6-8;1-6(2)8(9)10-7-4-3-5-7;1-6(2)7(9)10-8(3,4)5;1-6(2)5-10-8(9)7(3)4;1-5-7(4)10-8(9)6(2)3;1-5(2)7(8)9-6-3-4-6;1-5(2)7(8)9-6(3)4;1-4-5-9-7(8)6(2)3;1-4-8-6(7)5(2)3;1-4(2)5(6)7-3/h8-9H,3-7H2,1-2H3;7-8H,3-6H2,1-2H3;6-7H,3-5H2,1-2H3;6H,1-5H3;2*6-7H,5H2,1-4H3;5-6H,3-4H2,1-2H3;5-6H,1-4H3;6H,4-5H2,1-3H3;5H,4H2,1-3H3;4H,1-3H3. The van der Waals surface area contributed by atoms with Crippen LogP contribution < -0.4 is 0 Å². The minimum atomic E-state index is -0.346. The van der Waals surface area contributed by atoms with Crippen LogP contribution in [0.4, 0.5) is 0 Å². The number of hydrogen-bond acceptors (Lipinski definition) is 22. The van der Waals surface area contributed by atoms with Gasteiger partial charge in [-0.05, 0) is 151 Å². The zero-order chi connectivity index (χ0) is 83.5. The van der Waals surface area contributed by atoms with Crippen LogP contribution in [0, 0.1) is 71.0 Å². The zero-order valence-electron chi connectivity index (χ0n) is 72.8. The van der Waals surface area contributed by atoms with Gasteiger partial charge in [-0.3, -0.25) is 52.7 Å². The molecule has 4 aliphatic carbocycles. The molecular weight excluding hydrogens is 1350 g/mol. The largest absolute Gasteiger partial charge is 0.469 e. The molecule has 0 spiro atoms. The van der Waals surface area contributed by atoms with Gasteiger partial charge >= 0.3 is 65.7 Å². The first-order valence-electron chi connectivity index (χ1n) is 39.4. The molecule has 0 radical (unpaired) electrons. The second kappa shape index (κ2) is 67.5. The topological polar surface area (TPSA) is 289 Å². The Balaban J connectivity index is -0.000000202. The maximum absolute atomic E-state index is 11.2. The van der Waals surface area contributed by atoms with Crippen molar-refractivity contribution in [2.24, 2.45) is 71.0 Å². The lowest BCUT2D eigenvalue weighted by Crippen LogP contribution is -2.27. The summed E-state index contributed by atoms with van der Waals surface area (Å²) in [5.41, 5.74) is -0.346. The molecule has 0 bridgehead atoms. The molecule has 4 saturated carbocycles. The van der Waals surface area contributed by atoms with Crippen LogP contribution in [0.15, 0.2) is 0 Å². The number of esters is 11. The van der Waals surface area contributed by atoms with E-state index in [1.54, 1.807) is 20.8 Å². The van der Waals surface area contributed by atoms with Crippen molar-refractivity contribution in [1.82, 2.24) is 0 Å². The van der Waals surface area contributed by atoms with Crippen LogP contribution in [0.1, 0.15) is 331 Å². The van der Waals surface area contributed by atoms with Gasteiger partial charge in [0.2, 0.25) is 0 Å². The Morgan fingerprint density at radius 2 is 0.590 bits per heavy atom. The maximum atomic E-state index is 11.2. The molecule has 0 aromatic rings. The predicted molar refractivity (Wildman–Crippen MR) is 416 cm³/mol. The minimum absolute atomic E-state index is 0.00116. The third-order valence-corrected chi connectivity index (χ3v) is 13.9. The van der Waals surface area contributed by atoms with Gasteiger partial charge in [-0.2, -0.15) is 0 Å². The van der Waals surface area contributed by atoms with Crippen molar-refractivity contribution in [3.63, 3.8) is 0 Å². The number of rotatable bonds is 23. The van der Waals surface area contributed by atoms with Gasteiger partial charge in [0.15, 0.2) is 0 Å². The number of hydrogen-bond donors (Lipinski definition) is 0. The van der Waals surface area contributed by atoms with Crippen molar-refractivity contribution < 1.29 is 105 Å². The van der Waals surface area contributed by atoms with E-state index in [2.05, 4.69) is 9.47 Å². The third kappa shape index (κ3) is 79.1. The van der Waals surface area contributed by atoms with Gasteiger partial charge in [-0.1, -0.05) is 186 Å². The number of carbonyl (C=O) groups excluding carboxylic acids is 11. The lowest BCUT2D eigenvalue weighted by atomic mass is 9.96. The smallest absolute Gasteiger partial charge is 0.308 e. The van der Waals surface area contributed by atoms with Crippen LogP contribution in [0.5, 0.6) is 0 Å².